The smallest absolute Gasteiger partial charge is 0.387 e. The molecule has 0 aliphatic carbocycles. The lowest BCUT2D eigenvalue weighted by Gasteiger charge is -2.16. The van der Waals surface area contributed by atoms with E-state index in [2.05, 4.69) is 25.3 Å². The first-order chi connectivity index (χ1) is 11.5. The molecule has 0 unspecified atom stereocenters. The molecule has 0 aliphatic heterocycles. The number of ether oxygens (including phenoxy) is 2. The lowest BCUT2D eigenvalue weighted by atomic mass is 10.2. The van der Waals surface area contributed by atoms with E-state index in [1.165, 1.54) is 13.2 Å². The lowest BCUT2D eigenvalue weighted by molar-refractivity contribution is -0.0504. The second-order valence-corrected chi connectivity index (χ2v) is 5.36. The summed E-state index contributed by atoms with van der Waals surface area (Å²) in [6, 6.07) is 4.70. The van der Waals surface area contributed by atoms with Gasteiger partial charge in [0.1, 0.15) is 11.5 Å². The predicted molar refractivity (Wildman–Crippen MR) is 106 cm³/mol. The van der Waals surface area contributed by atoms with Gasteiger partial charge in [-0.1, -0.05) is 0 Å². The molecule has 0 saturated carbocycles. The summed E-state index contributed by atoms with van der Waals surface area (Å²) in [5.41, 5.74) is 0.561. The SMILES string of the molecule is CN=C(NCCCN(C)C)NCc1cc(OC)ccc1OC(F)F.I. The molecule has 9 heteroatoms. The van der Waals surface area contributed by atoms with Gasteiger partial charge < -0.3 is 25.0 Å². The van der Waals surface area contributed by atoms with Gasteiger partial charge in [-0.2, -0.15) is 8.78 Å². The highest BCUT2D eigenvalue weighted by atomic mass is 127. The molecule has 144 valence electrons. The molecule has 0 bridgehead atoms. The maximum Gasteiger partial charge on any atom is 0.387 e. The molecule has 0 spiro atoms. The monoisotopic (exact) mass is 472 g/mol. The van der Waals surface area contributed by atoms with Crippen molar-refractivity contribution in [2.24, 2.45) is 4.99 Å². The zero-order valence-electron chi connectivity index (χ0n) is 15.0. The van der Waals surface area contributed by atoms with Gasteiger partial charge in [0.15, 0.2) is 5.96 Å². The van der Waals surface area contributed by atoms with E-state index < -0.39 is 6.61 Å². The molecule has 0 amide bonds. The van der Waals surface area contributed by atoms with Crippen molar-refractivity contribution in [3.63, 3.8) is 0 Å². The average molecular weight is 472 g/mol. The van der Waals surface area contributed by atoms with Crippen LogP contribution < -0.4 is 20.1 Å². The summed E-state index contributed by atoms with van der Waals surface area (Å²) < 4.78 is 34.7. The van der Waals surface area contributed by atoms with Gasteiger partial charge >= 0.3 is 6.61 Å². The fraction of sp³-hybridized carbons (Fsp3) is 0.562. The number of guanidine groups is 1. The highest BCUT2D eigenvalue weighted by Crippen LogP contribution is 2.25. The molecule has 1 aromatic carbocycles. The number of rotatable bonds is 9. The number of aliphatic imine (C=N–C) groups is 1. The summed E-state index contributed by atoms with van der Waals surface area (Å²) in [4.78, 5) is 6.21. The molecule has 1 aromatic rings. The van der Waals surface area contributed by atoms with Crippen molar-refractivity contribution in [3.05, 3.63) is 23.8 Å². The van der Waals surface area contributed by atoms with Crippen molar-refractivity contribution in [2.75, 3.05) is 41.3 Å². The minimum atomic E-state index is -2.87. The topological polar surface area (TPSA) is 58.1 Å². The standard InChI is InChI=1S/C16H26F2N4O2.HI/c1-19-16(20-8-5-9-22(2)3)21-11-12-10-13(23-4)6-7-14(12)24-15(17)18;/h6-7,10,15H,5,8-9,11H2,1-4H3,(H2,19,20,21);1H. The summed E-state index contributed by atoms with van der Waals surface area (Å²) in [5, 5.41) is 6.26. The van der Waals surface area contributed by atoms with Crippen molar-refractivity contribution in [3.8, 4) is 11.5 Å². The molecular formula is C16H27F2IN4O2. The molecule has 2 N–H and O–H groups in total. The fourth-order valence-electron chi connectivity index (χ4n) is 2.03. The van der Waals surface area contributed by atoms with Crippen LogP contribution in [-0.2, 0) is 6.54 Å². The molecule has 0 aromatic heterocycles. The molecule has 1 rings (SSSR count). The van der Waals surface area contributed by atoms with Crippen molar-refractivity contribution < 1.29 is 18.3 Å². The summed E-state index contributed by atoms with van der Waals surface area (Å²) in [6.07, 6.45) is 0.965. The van der Waals surface area contributed by atoms with E-state index in [4.69, 9.17) is 4.74 Å². The highest BCUT2D eigenvalue weighted by Gasteiger charge is 2.11. The first-order valence-electron chi connectivity index (χ1n) is 7.67. The molecule has 0 heterocycles. The van der Waals surface area contributed by atoms with E-state index >= 15 is 0 Å². The van der Waals surface area contributed by atoms with Gasteiger partial charge in [0.05, 0.1) is 7.11 Å². The molecule has 0 fully saturated rings. The number of methoxy groups -OCH3 is 1. The summed E-state index contributed by atoms with van der Waals surface area (Å²) >= 11 is 0. The summed E-state index contributed by atoms with van der Waals surface area (Å²) in [7, 11) is 7.20. The Balaban J connectivity index is 0.00000576. The van der Waals surface area contributed by atoms with Gasteiger partial charge in [-0.25, -0.2) is 0 Å². The number of halogens is 3. The Morgan fingerprint density at radius 1 is 1.28 bits per heavy atom. The zero-order valence-corrected chi connectivity index (χ0v) is 17.3. The normalized spacial score (nSPS) is 11.3. The second kappa shape index (κ2) is 12.9. The first kappa shape index (κ1) is 23.6. The van der Waals surface area contributed by atoms with Crippen LogP contribution in [0, 0.1) is 0 Å². The Kier molecular flexibility index (Phi) is 12.2. The number of nitrogens with zero attached hydrogens (tertiary/aromatic N) is 2. The highest BCUT2D eigenvalue weighted by molar-refractivity contribution is 14.0. The van der Waals surface area contributed by atoms with E-state index in [0.717, 1.165) is 19.5 Å². The van der Waals surface area contributed by atoms with E-state index in [9.17, 15) is 8.78 Å². The predicted octanol–water partition coefficient (Wildman–Crippen LogP) is 2.53. The Labute approximate surface area is 165 Å². The maximum atomic E-state index is 12.5. The fourth-order valence-corrected chi connectivity index (χ4v) is 2.03. The second-order valence-electron chi connectivity index (χ2n) is 5.36. The molecule has 6 nitrogen and oxygen atoms in total. The van der Waals surface area contributed by atoms with E-state index in [0.29, 0.717) is 17.3 Å². The van der Waals surface area contributed by atoms with Gasteiger partial charge in [-0.05, 0) is 45.3 Å². The van der Waals surface area contributed by atoms with Crippen molar-refractivity contribution in [1.29, 1.82) is 0 Å². The third kappa shape index (κ3) is 9.63. The van der Waals surface area contributed by atoms with Crippen molar-refractivity contribution in [1.82, 2.24) is 15.5 Å². The maximum absolute atomic E-state index is 12.5. The van der Waals surface area contributed by atoms with Crippen LogP contribution in [0.3, 0.4) is 0 Å². The summed E-state index contributed by atoms with van der Waals surface area (Å²) in [5.74, 6) is 1.28. The molecule has 25 heavy (non-hydrogen) atoms. The van der Waals surface area contributed by atoms with E-state index in [-0.39, 0.29) is 36.3 Å². The van der Waals surface area contributed by atoms with Crippen LogP contribution in [0.1, 0.15) is 12.0 Å². The van der Waals surface area contributed by atoms with Crippen LogP contribution in [0.25, 0.3) is 0 Å². The Bertz CT molecular complexity index is 531. The zero-order chi connectivity index (χ0) is 17.9. The van der Waals surface area contributed by atoms with Crippen LogP contribution >= 0.6 is 24.0 Å². The average Bonchev–Trinajstić information content (AvgIpc) is 2.54. The minimum Gasteiger partial charge on any atom is -0.497 e. The quantitative estimate of drug-likeness (QED) is 0.251. The summed E-state index contributed by atoms with van der Waals surface area (Å²) in [6.45, 7) is -0.865. The van der Waals surface area contributed by atoms with Crippen LogP contribution in [0.5, 0.6) is 11.5 Å². The lowest BCUT2D eigenvalue weighted by Crippen LogP contribution is -2.38. The minimum absolute atomic E-state index is 0. The number of benzene rings is 1. The van der Waals surface area contributed by atoms with Crippen LogP contribution in [0.15, 0.2) is 23.2 Å². The van der Waals surface area contributed by atoms with Crippen molar-refractivity contribution >= 4 is 29.9 Å². The number of hydrogen-bond acceptors (Lipinski definition) is 4. The van der Waals surface area contributed by atoms with Gasteiger partial charge in [0.2, 0.25) is 0 Å². The molecule has 0 radical (unpaired) electrons. The molecular weight excluding hydrogens is 445 g/mol. The Morgan fingerprint density at radius 2 is 2.00 bits per heavy atom. The Hall–Kier alpha value is -1.36. The Morgan fingerprint density at radius 3 is 2.56 bits per heavy atom. The molecule has 0 aliphatic rings. The van der Waals surface area contributed by atoms with Gasteiger partial charge in [0, 0.05) is 25.7 Å². The van der Waals surface area contributed by atoms with Gasteiger partial charge in [0.25, 0.3) is 0 Å². The van der Waals surface area contributed by atoms with Crippen molar-refractivity contribution in [2.45, 2.75) is 19.6 Å². The largest absolute Gasteiger partial charge is 0.497 e. The van der Waals surface area contributed by atoms with Crippen LogP contribution in [-0.4, -0.2) is 58.8 Å². The number of nitrogens with one attached hydrogen (secondary N) is 2. The molecule has 0 saturated heterocycles. The molecule has 0 atom stereocenters. The third-order valence-corrected chi connectivity index (χ3v) is 3.23. The van der Waals surface area contributed by atoms with Gasteiger partial charge in [-0.3, -0.25) is 4.99 Å². The number of hydrogen-bond donors (Lipinski definition) is 2. The first-order valence-corrected chi connectivity index (χ1v) is 7.67. The van der Waals surface area contributed by atoms with Crippen LogP contribution in [0.2, 0.25) is 0 Å². The van der Waals surface area contributed by atoms with Crippen LogP contribution in [0.4, 0.5) is 8.78 Å². The van der Waals surface area contributed by atoms with Gasteiger partial charge in [-0.15, -0.1) is 24.0 Å². The number of alkyl halides is 2. The van der Waals surface area contributed by atoms with E-state index in [1.54, 1.807) is 19.2 Å². The third-order valence-electron chi connectivity index (χ3n) is 3.23. The van der Waals surface area contributed by atoms with E-state index in [1.807, 2.05) is 14.1 Å².